The molecule has 2 rings (SSSR count). The van der Waals surface area contributed by atoms with E-state index in [1.54, 1.807) is 0 Å². The first kappa shape index (κ1) is 10.5. The third kappa shape index (κ3) is 1.63. The van der Waals surface area contributed by atoms with Crippen LogP contribution in [-0.2, 0) is 9.59 Å². The molecule has 1 saturated heterocycles. The van der Waals surface area contributed by atoms with E-state index in [9.17, 15) is 14.9 Å². The summed E-state index contributed by atoms with van der Waals surface area (Å²) in [6.07, 6.45) is 3.15. The quantitative estimate of drug-likeness (QED) is 0.621. The number of thioether (sulfide) groups is 1. The summed E-state index contributed by atoms with van der Waals surface area (Å²) in [5, 5.41) is 9.20. The van der Waals surface area contributed by atoms with Gasteiger partial charge in [-0.2, -0.15) is 5.26 Å². The fourth-order valence-corrected chi connectivity index (χ4v) is 3.03. The second-order valence-corrected chi connectivity index (χ2v) is 4.95. The predicted octanol–water partition coefficient (Wildman–Crippen LogP) is 0.925. The number of rotatable bonds is 1. The average Bonchev–Trinajstić information content (AvgIpc) is 2.67. The van der Waals surface area contributed by atoms with Gasteiger partial charge in [0.25, 0.3) is 0 Å². The highest BCUT2D eigenvalue weighted by Crippen LogP contribution is 2.36. The fourth-order valence-electron chi connectivity index (χ4n) is 2.32. The Labute approximate surface area is 92.6 Å². The third-order valence-electron chi connectivity index (χ3n) is 3.02. The first-order chi connectivity index (χ1) is 7.19. The first-order valence-corrected chi connectivity index (χ1v) is 6.20. The van der Waals surface area contributed by atoms with E-state index in [1.165, 1.54) is 16.7 Å². The smallest absolute Gasteiger partial charge is 0.240 e. The maximum atomic E-state index is 11.7. The molecule has 0 atom stereocenters. The van der Waals surface area contributed by atoms with Crippen LogP contribution in [0, 0.1) is 11.3 Å². The summed E-state index contributed by atoms with van der Waals surface area (Å²) >= 11 is 1.33. The van der Waals surface area contributed by atoms with Gasteiger partial charge in [0.1, 0.15) is 5.54 Å². The highest BCUT2D eigenvalue weighted by atomic mass is 32.2. The molecule has 0 aromatic heterocycles. The number of carbonyl (C=O) groups is 2. The van der Waals surface area contributed by atoms with Gasteiger partial charge in [-0.15, -0.1) is 11.8 Å². The van der Waals surface area contributed by atoms with Gasteiger partial charge in [0.15, 0.2) is 0 Å². The van der Waals surface area contributed by atoms with Crippen molar-refractivity contribution in [2.45, 2.75) is 31.2 Å². The minimum atomic E-state index is -0.824. The molecule has 15 heavy (non-hydrogen) atoms. The zero-order valence-corrected chi connectivity index (χ0v) is 9.18. The van der Waals surface area contributed by atoms with Gasteiger partial charge in [-0.05, 0) is 25.7 Å². The molecule has 1 heterocycles. The Balaban J connectivity index is 2.30. The Bertz CT molecular complexity index is 326. The summed E-state index contributed by atoms with van der Waals surface area (Å²) < 4.78 is 0. The van der Waals surface area contributed by atoms with Crippen LogP contribution >= 0.6 is 11.8 Å². The summed E-state index contributed by atoms with van der Waals surface area (Å²) in [6, 6.07) is 2.18. The molecule has 2 aliphatic rings. The Morgan fingerprint density at radius 1 is 1.20 bits per heavy atom. The predicted molar refractivity (Wildman–Crippen MR) is 56.0 cm³/mol. The van der Waals surface area contributed by atoms with Crippen LogP contribution in [0.25, 0.3) is 0 Å². The van der Waals surface area contributed by atoms with E-state index in [1.807, 2.05) is 0 Å². The van der Waals surface area contributed by atoms with Gasteiger partial charge >= 0.3 is 0 Å². The largest absolute Gasteiger partial charge is 0.273 e. The summed E-state index contributed by atoms with van der Waals surface area (Å²) in [5.74, 6) is 0.268. The highest BCUT2D eigenvalue weighted by molar-refractivity contribution is 8.00. The molecular weight excluding hydrogens is 212 g/mol. The van der Waals surface area contributed by atoms with E-state index in [0.717, 1.165) is 12.8 Å². The number of amides is 2. The molecule has 0 bridgehead atoms. The monoisotopic (exact) mass is 224 g/mol. The van der Waals surface area contributed by atoms with Gasteiger partial charge in [-0.3, -0.25) is 14.5 Å². The molecule has 0 aromatic carbocycles. The van der Waals surface area contributed by atoms with Crippen molar-refractivity contribution in [2.75, 3.05) is 11.5 Å². The third-order valence-corrected chi connectivity index (χ3v) is 3.92. The molecule has 1 saturated carbocycles. The lowest BCUT2D eigenvalue weighted by atomic mass is 9.96. The molecule has 2 fully saturated rings. The molecule has 0 spiro atoms. The number of hydrogen-bond donors (Lipinski definition) is 0. The maximum Gasteiger partial charge on any atom is 0.240 e. The Morgan fingerprint density at radius 3 is 2.20 bits per heavy atom. The van der Waals surface area contributed by atoms with Gasteiger partial charge in [-0.25, -0.2) is 0 Å². The van der Waals surface area contributed by atoms with Crippen molar-refractivity contribution in [3.05, 3.63) is 0 Å². The lowest BCUT2D eigenvalue weighted by Crippen LogP contribution is -2.55. The van der Waals surface area contributed by atoms with Crippen LogP contribution in [0.1, 0.15) is 25.7 Å². The van der Waals surface area contributed by atoms with Crippen LogP contribution in [-0.4, -0.2) is 33.8 Å². The number of hydrogen-bond acceptors (Lipinski definition) is 4. The number of nitrogens with zero attached hydrogens (tertiary/aromatic N) is 2. The van der Waals surface area contributed by atoms with Gasteiger partial charge in [0.05, 0.1) is 17.6 Å². The molecule has 0 N–H and O–H groups in total. The summed E-state index contributed by atoms with van der Waals surface area (Å²) in [6.45, 7) is 0. The van der Waals surface area contributed by atoms with Crippen molar-refractivity contribution >= 4 is 23.6 Å². The molecule has 0 unspecified atom stereocenters. The van der Waals surface area contributed by atoms with Gasteiger partial charge in [0.2, 0.25) is 11.8 Å². The molecule has 4 nitrogen and oxygen atoms in total. The summed E-state index contributed by atoms with van der Waals surface area (Å²) in [7, 11) is 0. The second-order valence-electron chi connectivity index (χ2n) is 3.97. The lowest BCUT2D eigenvalue weighted by Gasteiger charge is -2.36. The van der Waals surface area contributed by atoms with Crippen molar-refractivity contribution in [3.8, 4) is 6.07 Å². The summed E-state index contributed by atoms with van der Waals surface area (Å²) in [5.41, 5.74) is -0.824. The van der Waals surface area contributed by atoms with Gasteiger partial charge in [-0.1, -0.05) is 0 Å². The average molecular weight is 224 g/mol. The Kier molecular flexibility index (Phi) is 2.70. The first-order valence-electron chi connectivity index (χ1n) is 5.04. The van der Waals surface area contributed by atoms with E-state index in [2.05, 4.69) is 6.07 Å². The molecule has 80 valence electrons. The Morgan fingerprint density at radius 2 is 1.73 bits per heavy atom. The van der Waals surface area contributed by atoms with E-state index in [0.29, 0.717) is 24.3 Å². The molecule has 0 aromatic rings. The minimum absolute atomic E-state index is 0.195. The zero-order chi connectivity index (χ0) is 10.9. The van der Waals surface area contributed by atoms with Crippen molar-refractivity contribution in [2.24, 2.45) is 0 Å². The SMILES string of the molecule is N#CC1(N2C(=O)CSCC2=O)CCCC1. The zero-order valence-electron chi connectivity index (χ0n) is 8.36. The minimum Gasteiger partial charge on any atom is -0.273 e. The highest BCUT2D eigenvalue weighted by Gasteiger charge is 2.46. The van der Waals surface area contributed by atoms with E-state index >= 15 is 0 Å². The topological polar surface area (TPSA) is 61.2 Å². The molecule has 1 aliphatic heterocycles. The van der Waals surface area contributed by atoms with E-state index in [4.69, 9.17) is 0 Å². The van der Waals surface area contributed by atoms with Crippen LogP contribution in [0.15, 0.2) is 0 Å². The molecule has 2 amide bonds. The lowest BCUT2D eigenvalue weighted by molar-refractivity contribution is -0.147. The number of imide groups is 1. The maximum absolute atomic E-state index is 11.7. The van der Waals surface area contributed by atoms with Crippen LogP contribution in [0.5, 0.6) is 0 Å². The van der Waals surface area contributed by atoms with Crippen molar-refractivity contribution < 1.29 is 9.59 Å². The van der Waals surface area contributed by atoms with Crippen molar-refractivity contribution in [3.63, 3.8) is 0 Å². The van der Waals surface area contributed by atoms with Crippen LogP contribution in [0.2, 0.25) is 0 Å². The van der Waals surface area contributed by atoms with Gasteiger partial charge < -0.3 is 0 Å². The number of carbonyl (C=O) groups excluding carboxylic acids is 2. The fraction of sp³-hybridized carbons (Fsp3) is 0.700. The molecule has 5 heteroatoms. The number of nitriles is 1. The van der Waals surface area contributed by atoms with Crippen molar-refractivity contribution in [1.29, 1.82) is 5.26 Å². The van der Waals surface area contributed by atoms with Gasteiger partial charge in [0, 0.05) is 0 Å². The normalized spacial score (nSPS) is 25.4. The molecular formula is C10H12N2O2S. The van der Waals surface area contributed by atoms with E-state index in [-0.39, 0.29) is 11.8 Å². The van der Waals surface area contributed by atoms with Crippen LogP contribution in [0.3, 0.4) is 0 Å². The van der Waals surface area contributed by atoms with Crippen molar-refractivity contribution in [1.82, 2.24) is 4.90 Å². The molecule has 1 aliphatic carbocycles. The second kappa shape index (κ2) is 3.86. The Hall–Kier alpha value is -1.02. The van der Waals surface area contributed by atoms with E-state index < -0.39 is 5.54 Å². The molecule has 0 radical (unpaired) electrons. The summed E-state index contributed by atoms with van der Waals surface area (Å²) in [4.78, 5) is 24.6. The standard InChI is InChI=1S/C10H12N2O2S/c11-7-10(3-1-2-4-10)12-8(13)5-15-6-9(12)14/h1-6H2. The van der Waals surface area contributed by atoms with Crippen LogP contribution in [0.4, 0.5) is 0 Å². The van der Waals surface area contributed by atoms with Crippen LogP contribution < -0.4 is 0 Å².